The van der Waals surface area contributed by atoms with Crippen LogP contribution in [0.3, 0.4) is 0 Å². The molecule has 2 rings (SSSR count). The minimum absolute atomic E-state index is 0.133. The van der Waals surface area contributed by atoms with Gasteiger partial charge < -0.3 is 9.64 Å². The predicted octanol–water partition coefficient (Wildman–Crippen LogP) is 4.03. The van der Waals surface area contributed by atoms with Gasteiger partial charge in [-0.2, -0.15) is 13.2 Å². The molecule has 1 unspecified atom stereocenters. The maximum atomic E-state index is 12.9. The SMILES string of the molecule is COC(=O)C(C)(C)C1CCCN(c2ccc(C(F)(F)F)cc2[N+](=O)[O-])C1. The molecule has 144 valence electrons. The summed E-state index contributed by atoms with van der Waals surface area (Å²) >= 11 is 0. The third-order valence-corrected chi connectivity index (χ3v) is 4.99. The topological polar surface area (TPSA) is 72.7 Å². The second kappa shape index (κ2) is 7.13. The van der Waals surface area contributed by atoms with Gasteiger partial charge in [-0.3, -0.25) is 14.9 Å². The van der Waals surface area contributed by atoms with E-state index in [9.17, 15) is 28.1 Å². The van der Waals surface area contributed by atoms with E-state index in [1.165, 1.54) is 7.11 Å². The van der Waals surface area contributed by atoms with E-state index in [2.05, 4.69) is 0 Å². The van der Waals surface area contributed by atoms with Crippen molar-refractivity contribution >= 4 is 17.3 Å². The largest absolute Gasteiger partial charge is 0.469 e. The Balaban J connectivity index is 2.36. The van der Waals surface area contributed by atoms with Crippen molar-refractivity contribution in [2.75, 3.05) is 25.1 Å². The minimum Gasteiger partial charge on any atom is -0.469 e. The van der Waals surface area contributed by atoms with Crippen molar-refractivity contribution in [1.29, 1.82) is 0 Å². The molecular weight excluding hydrogens is 353 g/mol. The van der Waals surface area contributed by atoms with Gasteiger partial charge in [0, 0.05) is 19.2 Å². The Kier molecular flexibility index (Phi) is 5.48. The van der Waals surface area contributed by atoms with Gasteiger partial charge in [0.1, 0.15) is 5.69 Å². The van der Waals surface area contributed by atoms with Gasteiger partial charge in [0.05, 0.1) is 23.0 Å². The number of hydrogen-bond donors (Lipinski definition) is 0. The lowest BCUT2D eigenvalue weighted by molar-refractivity contribution is -0.384. The quantitative estimate of drug-likeness (QED) is 0.452. The molecule has 1 aromatic carbocycles. The van der Waals surface area contributed by atoms with Crippen LogP contribution in [0.2, 0.25) is 0 Å². The number of ether oxygens (including phenoxy) is 1. The molecule has 0 bridgehead atoms. The highest BCUT2D eigenvalue weighted by molar-refractivity contribution is 5.76. The molecular formula is C17H21F3N2O4. The number of halogens is 3. The smallest absolute Gasteiger partial charge is 0.416 e. The number of anilines is 1. The van der Waals surface area contributed by atoms with Crippen LogP contribution < -0.4 is 4.90 Å². The molecule has 0 aromatic heterocycles. The minimum atomic E-state index is -4.65. The first kappa shape index (κ1) is 20.0. The van der Waals surface area contributed by atoms with Crippen molar-refractivity contribution in [3.8, 4) is 0 Å². The molecule has 0 N–H and O–H groups in total. The van der Waals surface area contributed by atoms with Gasteiger partial charge in [-0.25, -0.2) is 0 Å². The second-order valence-electron chi connectivity index (χ2n) is 6.96. The van der Waals surface area contributed by atoms with Crippen LogP contribution in [-0.2, 0) is 15.7 Å². The number of nitrogens with zero attached hydrogens (tertiary/aromatic N) is 2. The first-order valence-corrected chi connectivity index (χ1v) is 8.17. The van der Waals surface area contributed by atoms with E-state index in [1.807, 2.05) is 0 Å². The maximum absolute atomic E-state index is 12.9. The van der Waals surface area contributed by atoms with Crippen LogP contribution in [0, 0.1) is 21.4 Å². The molecule has 0 saturated carbocycles. The molecule has 1 aliphatic rings. The van der Waals surface area contributed by atoms with Crippen LogP contribution in [0.25, 0.3) is 0 Å². The van der Waals surface area contributed by atoms with Gasteiger partial charge in [0.15, 0.2) is 0 Å². The lowest BCUT2D eigenvalue weighted by atomic mass is 9.74. The number of rotatable bonds is 4. The Morgan fingerprint density at radius 1 is 1.35 bits per heavy atom. The number of benzene rings is 1. The molecule has 6 nitrogen and oxygen atoms in total. The predicted molar refractivity (Wildman–Crippen MR) is 88.8 cm³/mol. The Morgan fingerprint density at radius 2 is 2.00 bits per heavy atom. The fraction of sp³-hybridized carbons (Fsp3) is 0.588. The summed E-state index contributed by atoms with van der Waals surface area (Å²) in [5, 5.41) is 11.3. The summed E-state index contributed by atoms with van der Waals surface area (Å²) in [6.45, 7) is 4.29. The Bertz CT molecular complexity index is 704. The Morgan fingerprint density at radius 3 is 2.54 bits per heavy atom. The second-order valence-corrected chi connectivity index (χ2v) is 6.96. The normalized spacial score (nSPS) is 18.5. The van der Waals surface area contributed by atoms with Crippen LogP contribution in [0.4, 0.5) is 24.5 Å². The van der Waals surface area contributed by atoms with Gasteiger partial charge in [0.25, 0.3) is 5.69 Å². The summed E-state index contributed by atoms with van der Waals surface area (Å²) in [5.74, 6) is -0.517. The summed E-state index contributed by atoms with van der Waals surface area (Å²) < 4.78 is 43.4. The zero-order valence-corrected chi connectivity index (χ0v) is 14.8. The van der Waals surface area contributed by atoms with E-state index in [1.54, 1.807) is 18.7 Å². The molecule has 1 fully saturated rings. The molecule has 0 spiro atoms. The third-order valence-electron chi connectivity index (χ3n) is 4.99. The number of carbonyl (C=O) groups excluding carboxylic acids is 1. The monoisotopic (exact) mass is 374 g/mol. The molecule has 0 radical (unpaired) electrons. The van der Waals surface area contributed by atoms with Crippen molar-refractivity contribution in [2.24, 2.45) is 11.3 Å². The molecule has 1 atom stereocenters. The van der Waals surface area contributed by atoms with Crippen molar-refractivity contribution in [2.45, 2.75) is 32.9 Å². The van der Waals surface area contributed by atoms with E-state index >= 15 is 0 Å². The number of alkyl halides is 3. The Labute approximate surface area is 149 Å². The van der Waals surface area contributed by atoms with E-state index in [4.69, 9.17) is 4.74 Å². The third kappa shape index (κ3) is 3.91. The van der Waals surface area contributed by atoms with Gasteiger partial charge in [0.2, 0.25) is 0 Å². The highest BCUT2D eigenvalue weighted by Gasteiger charge is 2.41. The van der Waals surface area contributed by atoms with E-state index in [-0.39, 0.29) is 17.6 Å². The summed E-state index contributed by atoms with van der Waals surface area (Å²) in [5.41, 5.74) is -2.31. The first-order valence-electron chi connectivity index (χ1n) is 8.17. The highest BCUT2D eigenvalue weighted by atomic mass is 19.4. The van der Waals surface area contributed by atoms with E-state index < -0.39 is 27.8 Å². The average molecular weight is 374 g/mol. The number of nitro benzene ring substituents is 1. The van der Waals surface area contributed by atoms with Gasteiger partial charge in [-0.1, -0.05) is 0 Å². The molecule has 0 amide bonds. The summed E-state index contributed by atoms with van der Waals surface area (Å²) in [6.07, 6.45) is -3.25. The molecule has 1 aromatic rings. The van der Waals surface area contributed by atoms with E-state index in [0.717, 1.165) is 18.6 Å². The molecule has 0 aliphatic carbocycles. The maximum Gasteiger partial charge on any atom is 0.416 e. The highest BCUT2D eigenvalue weighted by Crippen LogP contribution is 2.40. The zero-order valence-electron chi connectivity index (χ0n) is 14.8. The number of hydrogen-bond acceptors (Lipinski definition) is 5. The van der Waals surface area contributed by atoms with Crippen molar-refractivity contribution in [3.05, 3.63) is 33.9 Å². The molecule has 1 saturated heterocycles. The summed E-state index contributed by atoms with van der Waals surface area (Å²) in [6, 6.07) is 2.54. The lowest BCUT2D eigenvalue weighted by Gasteiger charge is -2.40. The van der Waals surface area contributed by atoms with Crippen LogP contribution in [0.5, 0.6) is 0 Å². The van der Waals surface area contributed by atoms with Crippen LogP contribution in [-0.4, -0.2) is 31.1 Å². The summed E-state index contributed by atoms with van der Waals surface area (Å²) in [4.78, 5) is 24.2. The number of esters is 1. The number of nitro groups is 1. The molecule has 26 heavy (non-hydrogen) atoms. The molecule has 1 heterocycles. The number of piperidine rings is 1. The van der Waals surface area contributed by atoms with Crippen molar-refractivity contribution < 1.29 is 27.6 Å². The fourth-order valence-corrected chi connectivity index (χ4v) is 3.33. The lowest BCUT2D eigenvalue weighted by Crippen LogP contribution is -2.45. The van der Waals surface area contributed by atoms with Gasteiger partial charge in [-0.15, -0.1) is 0 Å². The van der Waals surface area contributed by atoms with Gasteiger partial charge in [-0.05, 0) is 44.7 Å². The standard InChI is InChI=1S/C17H21F3N2O4/c1-16(2,15(23)26-3)12-5-4-8-21(10-12)13-7-6-11(17(18,19)20)9-14(13)22(24)25/h6-7,9,12H,4-5,8,10H2,1-3H3. The van der Waals surface area contributed by atoms with Crippen LogP contribution in [0.1, 0.15) is 32.3 Å². The van der Waals surface area contributed by atoms with Crippen molar-refractivity contribution in [3.63, 3.8) is 0 Å². The van der Waals surface area contributed by atoms with Gasteiger partial charge >= 0.3 is 12.1 Å². The average Bonchev–Trinajstić information content (AvgIpc) is 2.59. The van der Waals surface area contributed by atoms with Crippen LogP contribution >= 0.6 is 0 Å². The van der Waals surface area contributed by atoms with E-state index in [0.29, 0.717) is 25.6 Å². The van der Waals surface area contributed by atoms with Crippen LogP contribution in [0.15, 0.2) is 18.2 Å². The molecule has 9 heteroatoms. The summed E-state index contributed by atoms with van der Waals surface area (Å²) in [7, 11) is 1.30. The van der Waals surface area contributed by atoms with Crippen molar-refractivity contribution in [1.82, 2.24) is 0 Å². The first-order chi connectivity index (χ1) is 12.0. The zero-order chi connectivity index (χ0) is 19.7. The Hall–Kier alpha value is -2.32. The fourth-order valence-electron chi connectivity index (χ4n) is 3.33. The number of methoxy groups -OCH3 is 1. The molecule has 1 aliphatic heterocycles. The number of carbonyl (C=O) groups is 1.